The van der Waals surface area contributed by atoms with E-state index in [0.717, 1.165) is 57.6 Å². The second-order valence-corrected chi connectivity index (χ2v) is 7.14. The molecule has 1 atom stereocenters. The maximum absolute atomic E-state index is 5.72. The van der Waals surface area contributed by atoms with Gasteiger partial charge in [-0.1, -0.05) is 19.1 Å². The molecule has 1 aromatic carbocycles. The Kier molecular flexibility index (Phi) is 6.19. The fourth-order valence-electron chi connectivity index (χ4n) is 3.63. The van der Waals surface area contributed by atoms with Gasteiger partial charge in [0.05, 0.1) is 19.8 Å². The summed E-state index contributed by atoms with van der Waals surface area (Å²) in [4.78, 5) is 7.28. The number of nitrogens with zero attached hydrogens (tertiary/aromatic N) is 2. The van der Waals surface area contributed by atoms with Crippen LogP contribution in [0.2, 0.25) is 0 Å². The molecule has 1 aromatic rings. The summed E-state index contributed by atoms with van der Waals surface area (Å²) in [6.45, 7) is 10.5. The first-order chi connectivity index (χ1) is 12.2. The number of hydrogen-bond acceptors (Lipinski definition) is 3. The molecule has 2 aliphatic rings. The summed E-state index contributed by atoms with van der Waals surface area (Å²) in [6, 6.07) is 8.27. The molecule has 2 heterocycles. The van der Waals surface area contributed by atoms with Gasteiger partial charge >= 0.3 is 0 Å². The van der Waals surface area contributed by atoms with E-state index in [9.17, 15) is 0 Å². The van der Waals surface area contributed by atoms with Crippen LogP contribution in [0.1, 0.15) is 38.7 Å². The minimum atomic E-state index is 0.351. The van der Waals surface area contributed by atoms with Gasteiger partial charge in [-0.2, -0.15) is 0 Å². The van der Waals surface area contributed by atoms with E-state index in [1.54, 1.807) is 0 Å². The Bertz CT molecular complexity index is 582. The molecular formula is C20H31N3O2. The van der Waals surface area contributed by atoms with Gasteiger partial charge in [0.2, 0.25) is 0 Å². The largest absolute Gasteiger partial charge is 0.494 e. The molecule has 2 fully saturated rings. The molecule has 1 spiro atoms. The van der Waals surface area contributed by atoms with E-state index in [0.29, 0.717) is 12.0 Å². The third kappa shape index (κ3) is 4.66. The molecule has 0 amide bonds. The van der Waals surface area contributed by atoms with E-state index in [1.807, 2.05) is 12.1 Å². The Balaban J connectivity index is 1.64. The van der Waals surface area contributed by atoms with Crippen LogP contribution in [0, 0.1) is 5.41 Å². The number of guanidine groups is 1. The van der Waals surface area contributed by atoms with Crippen LogP contribution in [0.15, 0.2) is 29.3 Å². The maximum Gasteiger partial charge on any atom is 0.194 e. The summed E-state index contributed by atoms with van der Waals surface area (Å²) in [6.07, 6.45) is 3.41. The molecule has 0 radical (unpaired) electrons. The van der Waals surface area contributed by atoms with E-state index in [1.165, 1.54) is 18.4 Å². The van der Waals surface area contributed by atoms with Crippen molar-refractivity contribution in [3.63, 3.8) is 0 Å². The highest BCUT2D eigenvalue weighted by molar-refractivity contribution is 5.80. The first-order valence-corrected chi connectivity index (χ1v) is 9.57. The molecule has 0 saturated carbocycles. The molecule has 1 unspecified atom stereocenters. The zero-order valence-electron chi connectivity index (χ0n) is 15.6. The van der Waals surface area contributed by atoms with Gasteiger partial charge in [-0.05, 0) is 43.9 Å². The van der Waals surface area contributed by atoms with Crippen molar-refractivity contribution in [3.05, 3.63) is 29.8 Å². The van der Waals surface area contributed by atoms with Crippen LogP contribution >= 0.6 is 0 Å². The number of ether oxygens (including phenoxy) is 2. The fourth-order valence-corrected chi connectivity index (χ4v) is 3.63. The molecule has 3 rings (SSSR count). The minimum Gasteiger partial charge on any atom is -0.494 e. The highest BCUT2D eigenvalue weighted by atomic mass is 16.5. The summed E-state index contributed by atoms with van der Waals surface area (Å²) >= 11 is 0. The highest BCUT2D eigenvalue weighted by Crippen LogP contribution is 2.38. The Morgan fingerprint density at radius 1 is 1.36 bits per heavy atom. The van der Waals surface area contributed by atoms with Gasteiger partial charge in [0.1, 0.15) is 5.75 Å². The highest BCUT2D eigenvalue weighted by Gasteiger charge is 2.42. The number of hydrogen-bond donors (Lipinski definition) is 1. The number of likely N-dealkylation sites (tertiary alicyclic amines) is 1. The van der Waals surface area contributed by atoms with Crippen molar-refractivity contribution in [1.82, 2.24) is 10.2 Å². The van der Waals surface area contributed by atoms with Gasteiger partial charge in [0.25, 0.3) is 0 Å². The van der Waals surface area contributed by atoms with Crippen LogP contribution in [-0.2, 0) is 11.3 Å². The second kappa shape index (κ2) is 8.56. The summed E-state index contributed by atoms with van der Waals surface area (Å²) in [5.74, 6) is 1.95. The first kappa shape index (κ1) is 18.1. The fraction of sp³-hybridized carbons (Fsp3) is 0.650. The van der Waals surface area contributed by atoms with E-state index in [2.05, 4.69) is 36.2 Å². The second-order valence-electron chi connectivity index (χ2n) is 7.14. The SMILES string of the molecule is CCCOc1cccc(CN=C(NCC)N2CCC3(CCOC3)C2)c1. The summed E-state index contributed by atoms with van der Waals surface area (Å²) in [5, 5.41) is 3.45. The molecular weight excluding hydrogens is 314 g/mol. The average Bonchev–Trinajstić information content (AvgIpc) is 3.27. The number of aliphatic imine (C=N–C) groups is 1. The van der Waals surface area contributed by atoms with Gasteiger partial charge in [-0.15, -0.1) is 0 Å². The molecule has 2 saturated heterocycles. The van der Waals surface area contributed by atoms with Crippen LogP contribution in [0.5, 0.6) is 5.75 Å². The predicted molar refractivity (Wildman–Crippen MR) is 101 cm³/mol. The van der Waals surface area contributed by atoms with Crippen LogP contribution in [0.25, 0.3) is 0 Å². The Hall–Kier alpha value is -1.75. The topological polar surface area (TPSA) is 46.1 Å². The van der Waals surface area contributed by atoms with Crippen LogP contribution in [-0.4, -0.2) is 50.3 Å². The van der Waals surface area contributed by atoms with Crippen molar-refractivity contribution in [2.45, 2.75) is 39.7 Å². The Morgan fingerprint density at radius 3 is 3.04 bits per heavy atom. The molecule has 138 valence electrons. The van der Waals surface area contributed by atoms with Gasteiger partial charge in [-0.3, -0.25) is 0 Å². The van der Waals surface area contributed by atoms with Crippen molar-refractivity contribution in [2.24, 2.45) is 10.4 Å². The monoisotopic (exact) mass is 345 g/mol. The van der Waals surface area contributed by atoms with Crippen molar-refractivity contribution in [3.8, 4) is 5.75 Å². The van der Waals surface area contributed by atoms with Crippen LogP contribution in [0.3, 0.4) is 0 Å². The lowest BCUT2D eigenvalue weighted by Crippen LogP contribution is -2.41. The standard InChI is InChI=1S/C20H31N3O2/c1-3-11-25-18-7-5-6-17(13-18)14-22-19(21-4-2)23-10-8-20(15-23)9-12-24-16-20/h5-7,13H,3-4,8-12,14-16H2,1-2H3,(H,21,22). The molecule has 0 aliphatic carbocycles. The van der Waals surface area contributed by atoms with E-state index < -0.39 is 0 Å². The zero-order valence-corrected chi connectivity index (χ0v) is 15.6. The van der Waals surface area contributed by atoms with E-state index >= 15 is 0 Å². The summed E-state index contributed by atoms with van der Waals surface area (Å²) in [7, 11) is 0. The third-order valence-electron chi connectivity index (χ3n) is 5.04. The minimum absolute atomic E-state index is 0.351. The van der Waals surface area contributed by atoms with Crippen LogP contribution < -0.4 is 10.1 Å². The third-order valence-corrected chi connectivity index (χ3v) is 5.04. The lowest BCUT2D eigenvalue weighted by molar-refractivity contribution is 0.156. The van der Waals surface area contributed by atoms with Crippen molar-refractivity contribution in [1.29, 1.82) is 0 Å². The Morgan fingerprint density at radius 2 is 2.28 bits per heavy atom. The Labute approximate surface area is 151 Å². The van der Waals surface area contributed by atoms with Crippen LogP contribution in [0.4, 0.5) is 0 Å². The molecule has 1 N–H and O–H groups in total. The normalized spacial score (nSPS) is 23.4. The molecule has 0 bridgehead atoms. The van der Waals surface area contributed by atoms with Crippen molar-refractivity contribution < 1.29 is 9.47 Å². The lowest BCUT2D eigenvalue weighted by Gasteiger charge is -2.25. The molecule has 5 nitrogen and oxygen atoms in total. The average molecular weight is 345 g/mol. The molecule has 2 aliphatic heterocycles. The quantitative estimate of drug-likeness (QED) is 0.636. The molecule has 25 heavy (non-hydrogen) atoms. The number of benzene rings is 1. The number of rotatable bonds is 6. The van der Waals surface area contributed by atoms with E-state index in [4.69, 9.17) is 14.5 Å². The first-order valence-electron chi connectivity index (χ1n) is 9.57. The summed E-state index contributed by atoms with van der Waals surface area (Å²) < 4.78 is 11.4. The smallest absolute Gasteiger partial charge is 0.194 e. The lowest BCUT2D eigenvalue weighted by atomic mass is 9.87. The van der Waals surface area contributed by atoms with Gasteiger partial charge in [0.15, 0.2) is 5.96 Å². The van der Waals surface area contributed by atoms with Gasteiger partial charge < -0.3 is 19.7 Å². The number of nitrogens with one attached hydrogen (secondary N) is 1. The molecule has 0 aromatic heterocycles. The van der Waals surface area contributed by atoms with Gasteiger partial charge in [0, 0.05) is 31.7 Å². The maximum atomic E-state index is 5.72. The summed E-state index contributed by atoms with van der Waals surface area (Å²) in [5.41, 5.74) is 1.53. The predicted octanol–water partition coefficient (Wildman–Crippen LogP) is 3.05. The van der Waals surface area contributed by atoms with Crippen molar-refractivity contribution in [2.75, 3.05) is 39.5 Å². The van der Waals surface area contributed by atoms with Crippen molar-refractivity contribution >= 4 is 5.96 Å². The zero-order chi connectivity index (χ0) is 17.5. The van der Waals surface area contributed by atoms with E-state index in [-0.39, 0.29) is 0 Å². The van der Waals surface area contributed by atoms with Gasteiger partial charge in [-0.25, -0.2) is 4.99 Å². The molecule has 5 heteroatoms.